The molecule has 0 aromatic heterocycles. The Hall–Kier alpha value is -7.48. The van der Waals surface area contributed by atoms with E-state index in [-0.39, 0.29) is 0 Å². The normalized spacial score (nSPS) is 13.1. The van der Waals surface area contributed by atoms with Crippen molar-refractivity contribution in [3.63, 3.8) is 0 Å². The molecular weight excluding hydrogens is 865 g/mol. The van der Waals surface area contributed by atoms with Crippen molar-refractivity contribution < 1.29 is 0 Å². The second-order valence-corrected chi connectivity index (χ2v) is 17.4. The highest BCUT2D eigenvalue weighted by Crippen LogP contribution is 2.47. The molecule has 0 aromatic carbocycles. The lowest BCUT2D eigenvalue weighted by Crippen LogP contribution is -2.35. The lowest BCUT2D eigenvalue weighted by atomic mass is 9.61. The molecule has 0 aliphatic heterocycles. The molecule has 0 heterocycles. The summed E-state index contributed by atoms with van der Waals surface area (Å²) in [6.45, 7) is 12.8. The van der Waals surface area contributed by atoms with Gasteiger partial charge in [0.2, 0.25) is 0 Å². The number of hydrogen-bond acceptors (Lipinski definition) is 0. The average molecular weight is 943 g/mol. The van der Waals surface area contributed by atoms with Crippen LogP contribution in [0.25, 0.3) is 0 Å². The molecule has 0 bridgehead atoms. The molecule has 0 heteroatoms. The monoisotopic (exact) mass is 943 g/mol. The van der Waals surface area contributed by atoms with E-state index < -0.39 is 0 Å². The van der Waals surface area contributed by atoms with E-state index in [1.165, 1.54) is 141 Å². The van der Waals surface area contributed by atoms with Gasteiger partial charge in [0.1, 0.15) is 0 Å². The zero-order valence-electron chi connectivity index (χ0n) is 45.1. The molecule has 4 atom stereocenters. The van der Waals surface area contributed by atoms with Gasteiger partial charge in [-0.25, -0.2) is 0 Å². The van der Waals surface area contributed by atoms with Crippen LogP contribution in [0.4, 0.5) is 0 Å². The summed E-state index contributed by atoms with van der Waals surface area (Å²) >= 11 is 0. The third-order valence-electron chi connectivity index (χ3n) is 12.0. The van der Waals surface area contributed by atoms with Gasteiger partial charge in [-0.3, -0.25) is 0 Å². The zero-order chi connectivity index (χ0) is 52.2. The standard InChI is InChI=1S/C36H72.C36H6/c1-5-9-13-17-20-24-28-34-32-31-33(27-23-16-12-8-4)35(29-25-21-18-14-10-6-2)36(34)30-26-22-19-15-11-7-3;1-3-5-7-9-11-13-15-17-19-21-23-25-27-29-31-33-35-36-34-32-30-28-26-24-22-20-18-16-14-12-10-8-6-4-2/h33-36H,5-32H2,1-4H3;1-2H3. The summed E-state index contributed by atoms with van der Waals surface area (Å²) in [6, 6.07) is 0. The Morgan fingerprint density at radius 2 is 0.375 bits per heavy atom. The molecule has 0 spiro atoms. The largest absolute Gasteiger partial charge is 0.0925 e. The van der Waals surface area contributed by atoms with E-state index in [4.69, 9.17) is 0 Å². The van der Waals surface area contributed by atoms with Gasteiger partial charge in [0.25, 0.3) is 0 Å². The summed E-state index contributed by atoms with van der Waals surface area (Å²) in [7, 11) is 0. The van der Waals surface area contributed by atoms with Crippen molar-refractivity contribution in [3.8, 4) is 201 Å². The minimum atomic E-state index is 1.06. The summed E-state index contributed by atoms with van der Waals surface area (Å²) < 4.78 is 0. The fraction of sp³-hybridized carbons (Fsp3) is 0.528. The van der Waals surface area contributed by atoms with Gasteiger partial charge >= 0.3 is 0 Å². The maximum absolute atomic E-state index is 2.63. The van der Waals surface area contributed by atoms with Crippen LogP contribution in [0, 0.1) is 225 Å². The Morgan fingerprint density at radius 1 is 0.208 bits per heavy atom. The minimum absolute atomic E-state index is 1.06. The number of rotatable bonds is 26. The predicted molar refractivity (Wildman–Crippen MR) is 309 cm³/mol. The Morgan fingerprint density at radius 3 is 0.583 bits per heavy atom. The molecule has 1 rings (SSSR count). The van der Waals surface area contributed by atoms with Crippen molar-refractivity contribution in [2.24, 2.45) is 23.7 Å². The maximum atomic E-state index is 2.63. The van der Waals surface area contributed by atoms with Gasteiger partial charge in [-0.2, -0.15) is 0 Å². The van der Waals surface area contributed by atoms with Gasteiger partial charge in [0, 0.05) is 94.7 Å². The minimum Gasteiger partial charge on any atom is -0.0925 e. The molecule has 0 aromatic rings. The molecule has 0 amide bonds. The lowest BCUT2D eigenvalue weighted by molar-refractivity contribution is 0.0581. The van der Waals surface area contributed by atoms with Gasteiger partial charge in [0.05, 0.1) is 0 Å². The SMILES string of the molecule is CC#CC#CC#CC#CC#CC#CC#CC#CC#CC#CC#CC#CC#CC#CC#CC#CC#CC.CCCCCCCCC1CCC(CCCCCC)C(CCCCCCCC)C1CCCCCCCC. The van der Waals surface area contributed by atoms with Crippen molar-refractivity contribution in [3.05, 3.63) is 0 Å². The predicted octanol–water partition coefficient (Wildman–Crippen LogP) is 14.6. The fourth-order valence-electron chi connectivity index (χ4n) is 8.58. The smallest absolute Gasteiger partial charge is 0 e. The zero-order valence-corrected chi connectivity index (χ0v) is 45.1. The van der Waals surface area contributed by atoms with Crippen molar-refractivity contribution in [2.45, 2.75) is 221 Å². The van der Waals surface area contributed by atoms with Crippen LogP contribution in [-0.2, 0) is 0 Å². The molecule has 366 valence electrons. The van der Waals surface area contributed by atoms with Crippen LogP contribution in [0.15, 0.2) is 0 Å². The van der Waals surface area contributed by atoms with Crippen LogP contribution in [0.1, 0.15) is 221 Å². The summed E-state index contributed by atoms with van der Waals surface area (Å²) in [6.07, 6.45) is 41.7. The van der Waals surface area contributed by atoms with Gasteiger partial charge in [0.15, 0.2) is 0 Å². The lowest BCUT2D eigenvalue weighted by Gasteiger charge is -2.44. The highest BCUT2D eigenvalue weighted by atomic mass is 14.4. The molecule has 1 fully saturated rings. The Labute approximate surface area is 444 Å². The molecule has 0 radical (unpaired) electrons. The highest BCUT2D eigenvalue weighted by molar-refractivity contribution is 5.49. The molecule has 0 nitrogen and oxygen atoms in total. The molecule has 1 aliphatic rings. The number of hydrogen-bond donors (Lipinski definition) is 0. The van der Waals surface area contributed by atoms with Crippen LogP contribution in [0.3, 0.4) is 0 Å². The van der Waals surface area contributed by atoms with Crippen molar-refractivity contribution >= 4 is 0 Å². The quantitative estimate of drug-likeness (QED) is 0.0599. The molecule has 0 N–H and O–H groups in total. The summed E-state index contributed by atoms with van der Waals surface area (Å²) in [4.78, 5) is 0. The summed E-state index contributed by atoms with van der Waals surface area (Å²) in [5, 5.41) is 0. The molecule has 0 saturated heterocycles. The Kier molecular flexibility index (Phi) is 50.3. The first-order chi connectivity index (χ1) is 35.7. The maximum Gasteiger partial charge on any atom is 0 e. The van der Waals surface area contributed by atoms with E-state index in [9.17, 15) is 0 Å². The van der Waals surface area contributed by atoms with Gasteiger partial charge in [-0.15, -0.1) is 0 Å². The van der Waals surface area contributed by atoms with Crippen molar-refractivity contribution in [2.75, 3.05) is 0 Å². The topological polar surface area (TPSA) is 0 Å². The fourth-order valence-corrected chi connectivity index (χ4v) is 8.58. The van der Waals surface area contributed by atoms with E-state index in [0.29, 0.717) is 0 Å². The molecule has 1 aliphatic carbocycles. The van der Waals surface area contributed by atoms with Crippen LogP contribution < -0.4 is 0 Å². The second kappa shape index (κ2) is 56.1. The molecular formula is C72H78. The van der Waals surface area contributed by atoms with Crippen LogP contribution >= 0.6 is 0 Å². The van der Waals surface area contributed by atoms with E-state index in [2.05, 4.69) is 229 Å². The summed E-state index contributed by atoms with van der Waals surface area (Å²) in [5.41, 5.74) is 0. The second-order valence-electron chi connectivity index (χ2n) is 17.4. The van der Waals surface area contributed by atoms with E-state index in [0.717, 1.165) is 23.7 Å². The molecule has 72 heavy (non-hydrogen) atoms. The van der Waals surface area contributed by atoms with Crippen LogP contribution in [0.5, 0.6) is 0 Å². The first kappa shape index (κ1) is 64.5. The summed E-state index contributed by atoms with van der Waals surface area (Å²) in [5.74, 6) is 89.9. The van der Waals surface area contributed by atoms with Gasteiger partial charge < -0.3 is 0 Å². The van der Waals surface area contributed by atoms with Gasteiger partial charge in [-0.05, 0) is 158 Å². The third kappa shape index (κ3) is 45.0. The first-order valence-electron chi connectivity index (χ1n) is 27.0. The van der Waals surface area contributed by atoms with Crippen LogP contribution in [0.2, 0.25) is 0 Å². The Bertz CT molecular complexity index is 2540. The van der Waals surface area contributed by atoms with E-state index in [1.807, 2.05) is 0 Å². The average Bonchev–Trinajstić information content (AvgIpc) is 3.39. The molecule has 1 saturated carbocycles. The first-order valence-corrected chi connectivity index (χ1v) is 27.0. The van der Waals surface area contributed by atoms with E-state index in [1.54, 1.807) is 52.4 Å². The van der Waals surface area contributed by atoms with Crippen molar-refractivity contribution in [1.29, 1.82) is 0 Å². The van der Waals surface area contributed by atoms with Crippen LogP contribution in [-0.4, -0.2) is 0 Å². The molecule has 4 unspecified atom stereocenters. The number of unbranched alkanes of at least 4 members (excludes halogenated alkanes) is 18. The highest BCUT2D eigenvalue weighted by Gasteiger charge is 2.37. The van der Waals surface area contributed by atoms with Gasteiger partial charge in [-0.1, -0.05) is 194 Å². The third-order valence-corrected chi connectivity index (χ3v) is 12.0. The Balaban J connectivity index is 0.00000140. The van der Waals surface area contributed by atoms with Crippen molar-refractivity contribution in [1.82, 2.24) is 0 Å². The van der Waals surface area contributed by atoms with E-state index >= 15 is 0 Å².